The Bertz CT molecular complexity index is 2780. The maximum Gasteiger partial charge on any atom is 0.326 e. The van der Waals surface area contributed by atoms with Gasteiger partial charge in [-0.15, -0.1) is 0 Å². The molecule has 5 N–H and O–H groups in total. The van der Waals surface area contributed by atoms with E-state index in [1.807, 2.05) is 12.1 Å². The van der Waals surface area contributed by atoms with Gasteiger partial charge in [-0.05, 0) is 56.5 Å². The first kappa shape index (κ1) is 52.7. The van der Waals surface area contributed by atoms with Gasteiger partial charge in [0.1, 0.15) is 67.1 Å². The van der Waals surface area contributed by atoms with E-state index >= 15 is 0 Å². The lowest BCUT2D eigenvalue weighted by Gasteiger charge is -2.25. The van der Waals surface area contributed by atoms with Crippen LogP contribution < -0.4 is 24.3 Å². The Kier molecular flexibility index (Phi) is 17.9. The third-order valence-corrected chi connectivity index (χ3v) is 12.8. The van der Waals surface area contributed by atoms with Crippen molar-refractivity contribution in [3.8, 4) is 46.3 Å². The number of nitriles is 2. The molecule has 0 amide bonds. The highest BCUT2D eigenvalue weighted by atomic mass is 35.5. The molecule has 4 aromatic carbocycles. The Morgan fingerprint density at radius 2 is 1.09 bits per heavy atom. The summed E-state index contributed by atoms with van der Waals surface area (Å²) < 4.78 is 24.8. The third kappa shape index (κ3) is 12.9. The minimum atomic E-state index is -1.66. The Hall–Kier alpha value is -6.66. The van der Waals surface area contributed by atoms with Gasteiger partial charge in [-0.3, -0.25) is 24.9 Å². The van der Waals surface area contributed by atoms with E-state index in [4.69, 9.17) is 65.4 Å². The number of benzene rings is 4. The normalized spacial score (nSPS) is 12.7. The van der Waals surface area contributed by atoms with Crippen LogP contribution in [-0.4, -0.2) is 61.1 Å². The van der Waals surface area contributed by atoms with Gasteiger partial charge >= 0.3 is 11.9 Å². The van der Waals surface area contributed by atoms with Gasteiger partial charge in [0.15, 0.2) is 0 Å². The van der Waals surface area contributed by atoms with Crippen LogP contribution in [0, 0.1) is 28.1 Å². The van der Waals surface area contributed by atoms with Gasteiger partial charge in [-0.25, -0.2) is 0 Å². The SMILES string of the molecule is C[C@](CO)(CCc1cc(Cl)c(OCc2cccc(-c3cccc(COc4cc(OCc5cncc(C#N)c5)c(CN[C@](C)(CO)C(=O)O)cc4Cl)c3Cl)c2Cl)cc1OCc1cncc(C#N)c1)C(=O)O. The molecule has 0 spiro atoms. The lowest BCUT2D eigenvalue weighted by Crippen LogP contribution is -2.52. The molecular formula is C51H45Cl4N5O10. The minimum absolute atomic E-state index is 0.000647. The van der Waals surface area contributed by atoms with Crippen LogP contribution in [0.4, 0.5) is 0 Å². The second-order valence-corrected chi connectivity index (χ2v) is 18.1. The number of aliphatic hydroxyl groups excluding tert-OH is 2. The number of aliphatic hydroxyl groups is 2. The second kappa shape index (κ2) is 23.8. The van der Waals surface area contributed by atoms with E-state index in [0.717, 1.165) is 0 Å². The van der Waals surface area contributed by atoms with Crippen LogP contribution in [0.25, 0.3) is 11.1 Å². The van der Waals surface area contributed by atoms with Crippen LogP contribution in [0.15, 0.2) is 97.6 Å². The number of hydrogen-bond donors (Lipinski definition) is 5. The number of rotatable bonds is 23. The number of aryl methyl sites for hydroxylation is 1. The Morgan fingerprint density at radius 1 is 0.614 bits per heavy atom. The van der Waals surface area contributed by atoms with Gasteiger partial charge in [0.25, 0.3) is 0 Å². The standard InChI is InChI=1S/C51H45Cl4N5O10/c1-50(28-61,48(63)64)10-9-34-13-40(52)44(15-42(34)67-24-32-11-30(17-56)19-58-21-32)69-26-35-5-3-7-38(46(35)54)39-8-4-6-36(47(39)55)27-70-45-16-43(68-25-33-12-31(18-57)20-59-22-33)37(14-41(45)53)23-60-51(2,29-62)49(65)66/h3-8,11-16,19-22,60-62H,9-10,23-29H2,1-2H3,(H,63,64)(H,65,66)/t50-,51-/m1/s1. The minimum Gasteiger partial charge on any atom is -0.488 e. The van der Waals surface area contributed by atoms with Crippen molar-refractivity contribution >= 4 is 58.3 Å². The highest BCUT2D eigenvalue weighted by Gasteiger charge is 2.33. The first-order valence-corrected chi connectivity index (χ1v) is 22.8. The molecule has 15 nitrogen and oxygen atoms in total. The molecule has 362 valence electrons. The monoisotopic (exact) mass is 1030 g/mol. The number of nitrogens with one attached hydrogen (secondary N) is 1. The van der Waals surface area contributed by atoms with E-state index in [2.05, 4.69) is 15.3 Å². The topological polar surface area (TPSA) is 237 Å². The molecule has 6 aromatic rings. The van der Waals surface area contributed by atoms with Gasteiger partial charge in [0, 0.05) is 82.4 Å². The number of halogens is 4. The predicted molar refractivity (Wildman–Crippen MR) is 261 cm³/mol. The maximum atomic E-state index is 12.0. The van der Waals surface area contributed by atoms with Crippen molar-refractivity contribution in [3.05, 3.63) is 162 Å². The Morgan fingerprint density at radius 3 is 1.53 bits per heavy atom. The zero-order valence-corrected chi connectivity index (χ0v) is 40.7. The summed E-state index contributed by atoms with van der Waals surface area (Å²) in [6.07, 6.45) is 6.24. The van der Waals surface area contributed by atoms with Crippen molar-refractivity contribution in [3.63, 3.8) is 0 Å². The zero-order chi connectivity index (χ0) is 50.6. The molecule has 0 bridgehead atoms. The molecular weight excluding hydrogens is 984 g/mol. The molecule has 0 radical (unpaired) electrons. The van der Waals surface area contributed by atoms with Crippen LogP contribution in [-0.2, 0) is 49.0 Å². The summed E-state index contributed by atoms with van der Waals surface area (Å²) in [4.78, 5) is 32.0. The zero-order valence-electron chi connectivity index (χ0n) is 37.6. The largest absolute Gasteiger partial charge is 0.488 e. The van der Waals surface area contributed by atoms with Crippen LogP contribution >= 0.6 is 46.4 Å². The average molecular weight is 1030 g/mol. The van der Waals surface area contributed by atoms with Gasteiger partial charge in [-0.2, -0.15) is 10.5 Å². The number of aliphatic carboxylic acids is 2. The summed E-state index contributed by atoms with van der Waals surface area (Å²) in [5, 5.41) is 61.8. The van der Waals surface area contributed by atoms with Gasteiger partial charge in [0.2, 0.25) is 0 Å². The number of nitrogens with zero attached hydrogens (tertiary/aromatic N) is 4. The molecule has 19 heteroatoms. The van der Waals surface area contributed by atoms with E-state index in [9.17, 15) is 40.5 Å². The van der Waals surface area contributed by atoms with Gasteiger partial charge < -0.3 is 39.4 Å². The number of ether oxygens (including phenoxy) is 4. The number of carbonyl (C=O) groups is 2. The molecule has 2 aromatic heterocycles. The third-order valence-electron chi connectivity index (χ3n) is 11.3. The van der Waals surface area contributed by atoms with Crippen molar-refractivity contribution < 1.29 is 49.0 Å². The van der Waals surface area contributed by atoms with Crippen LogP contribution in [0.3, 0.4) is 0 Å². The number of carboxylic acids is 2. The molecule has 0 saturated carbocycles. The summed E-state index contributed by atoms with van der Waals surface area (Å²) in [5.74, 6) is -1.30. The predicted octanol–water partition coefficient (Wildman–Crippen LogP) is 9.76. The highest BCUT2D eigenvalue weighted by Crippen LogP contribution is 2.41. The number of carboxylic acid groups (broad SMARTS) is 2. The molecule has 0 saturated heterocycles. The highest BCUT2D eigenvalue weighted by molar-refractivity contribution is 6.37. The van der Waals surface area contributed by atoms with E-state index in [-0.39, 0.29) is 73.1 Å². The molecule has 0 aliphatic carbocycles. The van der Waals surface area contributed by atoms with Crippen LogP contribution in [0.2, 0.25) is 20.1 Å². The summed E-state index contributed by atoms with van der Waals surface area (Å²) in [6, 6.07) is 24.5. The van der Waals surface area contributed by atoms with E-state index in [1.165, 1.54) is 26.2 Å². The van der Waals surface area contributed by atoms with E-state index < -0.39 is 36.1 Å². The van der Waals surface area contributed by atoms with Crippen LogP contribution in [0.5, 0.6) is 23.0 Å². The number of aromatic nitrogens is 2. The number of hydrogen-bond acceptors (Lipinski definition) is 13. The summed E-state index contributed by atoms with van der Waals surface area (Å²) in [5.41, 5.74) is 2.23. The molecule has 70 heavy (non-hydrogen) atoms. The Labute approximate surface area is 423 Å². The fourth-order valence-corrected chi connectivity index (χ4v) is 7.86. The lowest BCUT2D eigenvalue weighted by molar-refractivity contribution is -0.150. The van der Waals surface area contributed by atoms with Gasteiger partial charge in [-0.1, -0.05) is 82.8 Å². The molecule has 6 rings (SSSR count). The summed E-state index contributed by atoms with van der Waals surface area (Å²) in [7, 11) is 0. The van der Waals surface area contributed by atoms with E-state index in [1.54, 1.807) is 85.2 Å². The number of pyridine rings is 2. The van der Waals surface area contributed by atoms with Crippen molar-refractivity contribution in [1.29, 1.82) is 10.5 Å². The molecule has 2 heterocycles. The second-order valence-electron chi connectivity index (χ2n) is 16.6. The quantitative estimate of drug-likeness (QED) is 0.0401. The smallest absolute Gasteiger partial charge is 0.326 e. The van der Waals surface area contributed by atoms with Crippen molar-refractivity contribution in [2.45, 2.75) is 65.2 Å². The Balaban J connectivity index is 1.22. The van der Waals surface area contributed by atoms with Crippen molar-refractivity contribution in [2.24, 2.45) is 5.41 Å². The fourth-order valence-electron chi connectivity index (χ4n) is 6.82. The fraction of sp³-hybridized carbons (Fsp3) is 0.255. The molecule has 0 unspecified atom stereocenters. The molecule has 0 fully saturated rings. The molecule has 0 aliphatic rings. The first-order chi connectivity index (χ1) is 33.5. The summed E-state index contributed by atoms with van der Waals surface area (Å²) in [6.45, 7) is 1.43. The van der Waals surface area contributed by atoms with Gasteiger partial charge in [0.05, 0.1) is 49.8 Å². The summed E-state index contributed by atoms with van der Waals surface area (Å²) >= 11 is 27.6. The average Bonchev–Trinajstić information content (AvgIpc) is 3.36. The van der Waals surface area contributed by atoms with Crippen molar-refractivity contribution in [2.75, 3.05) is 13.2 Å². The van der Waals surface area contributed by atoms with E-state index in [0.29, 0.717) is 71.4 Å². The lowest BCUT2D eigenvalue weighted by atomic mass is 9.85. The molecule has 0 aliphatic heterocycles. The van der Waals surface area contributed by atoms with Crippen LogP contribution in [0.1, 0.15) is 64.8 Å². The van der Waals surface area contributed by atoms with Crippen molar-refractivity contribution in [1.82, 2.24) is 15.3 Å². The maximum absolute atomic E-state index is 12.0. The first-order valence-electron chi connectivity index (χ1n) is 21.3. The molecule has 2 atom stereocenters.